The Labute approximate surface area is 211 Å². The third-order valence-corrected chi connectivity index (χ3v) is 5.66. The van der Waals surface area contributed by atoms with E-state index in [4.69, 9.17) is 0 Å². The van der Waals surface area contributed by atoms with Crippen LogP contribution in [-0.4, -0.2) is 0 Å². The summed E-state index contributed by atoms with van der Waals surface area (Å²) in [5, 5.41) is 0. The van der Waals surface area contributed by atoms with E-state index in [9.17, 15) is 43.9 Å². The molecule has 0 bridgehead atoms. The van der Waals surface area contributed by atoms with Crippen LogP contribution in [0.4, 0.5) is 43.9 Å². The molecule has 11 heteroatoms. The van der Waals surface area contributed by atoms with Crippen molar-refractivity contribution in [3.8, 4) is 0 Å². The van der Waals surface area contributed by atoms with Gasteiger partial charge in [0.25, 0.3) is 0 Å². The molecule has 0 aliphatic carbocycles. The fourth-order valence-corrected chi connectivity index (χ4v) is 3.53. The van der Waals surface area contributed by atoms with Crippen LogP contribution in [0.5, 0.6) is 0 Å². The van der Waals surface area contributed by atoms with E-state index in [1.165, 1.54) is 11.1 Å². The number of benzene rings is 4. The van der Waals surface area contributed by atoms with Gasteiger partial charge in [0.2, 0.25) is 0 Å². The summed E-state index contributed by atoms with van der Waals surface area (Å²) in [5.41, 5.74) is 2.64. The summed E-state index contributed by atoms with van der Waals surface area (Å²) < 4.78 is 127. The molecule has 0 spiro atoms. The first-order valence-corrected chi connectivity index (χ1v) is 11.0. The zero-order valence-corrected chi connectivity index (χ0v) is 19.9. The van der Waals surface area contributed by atoms with Crippen LogP contribution in [0.3, 0.4) is 0 Å². The molecule has 37 heavy (non-hydrogen) atoms. The van der Waals surface area contributed by atoms with E-state index in [0.717, 1.165) is 0 Å². The average molecular weight is 577 g/mol. The van der Waals surface area contributed by atoms with Crippen LogP contribution in [-0.2, 0) is 14.4 Å². The number of hydrogen-bond donors (Lipinski definition) is 0. The number of aryl methyl sites for hydroxylation is 2. The molecule has 0 fully saturated rings. The SMILES string of the molecule is Cc1ccccc1.Cc1ccccc1.Fc1c(F)c(F)[c]([Ni][c]2c(F)c(F)c(F)c(F)c2F)c(F)c1F. The van der Waals surface area contributed by atoms with Crippen LogP contribution < -0.4 is 9.07 Å². The van der Waals surface area contributed by atoms with Gasteiger partial charge in [0.1, 0.15) is 0 Å². The van der Waals surface area contributed by atoms with Crippen LogP contribution in [0.2, 0.25) is 0 Å². The molecule has 0 aliphatic heterocycles. The zero-order valence-electron chi connectivity index (χ0n) is 18.9. The standard InChI is InChI=1S/2C7H8.2C6F5.Ni/c2*1-7-5-3-2-4-6-7;2*7-2-1-3(8)5(10)6(11)4(2)9;/h2*2-6H,1H3;;;. The van der Waals surface area contributed by atoms with Crippen molar-refractivity contribution < 1.29 is 58.3 Å². The first-order chi connectivity index (χ1) is 17.4. The number of hydrogen-bond acceptors (Lipinski definition) is 0. The van der Waals surface area contributed by atoms with E-state index in [2.05, 4.69) is 38.1 Å². The van der Waals surface area contributed by atoms with Crippen LogP contribution in [0, 0.1) is 72.0 Å². The number of rotatable bonds is 2. The Morgan fingerprint density at radius 3 is 0.757 bits per heavy atom. The van der Waals surface area contributed by atoms with Crippen molar-refractivity contribution in [3.05, 3.63) is 130 Å². The molecular weight excluding hydrogens is 561 g/mol. The van der Waals surface area contributed by atoms with E-state index in [1.54, 1.807) is 0 Å². The molecule has 0 saturated heterocycles. The van der Waals surface area contributed by atoms with Gasteiger partial charge in [-0.15, -0.1) is 0 Å². The van der Waals surface area contributed by atoms with Gasteiger partial charge in [0, 0.05) is 0 Å². The van der Waals surface area contributed by atoms with Crippen molar-refractivity contribution >= 4 is 9.07 Å². The molecule has 0 amide bonds. The van der Waals surface area contributed by atoms with E-state index in [1.807, 2.05) is 36.4 Å². The number of halogens is 10. The Balaban J connectivity index is 0.000000276. The summed E-state index contributed by atoms with van der Waals surface area (Å²) in [4.78, 5) is 0. The zero-order chi connectivity index (χ0) is 27.9. The van der Waals surface area contributed by atoms with E-state index in [-0.39, 0.29) is 0 Å². The van der Waals surface area contributed by atoms with Crippen molar-refractivity contribution in [3.63, 3.8) is 0 Å². The first-order valence-electron chi connectivity index (χ1n) is 10.0. The summed E-state index contributed by atoms with van der Waals surface area (Å²) in [6, 6.07) is 20.5. The van der Waals surface area contributed by atoms with Crippen LogP contribution in [0.25, 0.3) is 0 Å². The predicted molar refractivity (Wildman–Crippen MR) is 114 cm³/mol. The van der Waals surface area contributed by atoms with Gasteiger partial charge < -0.3 is 0 Å². The van der Waals surface area contributed by atoms with Gasteiger partial charge >= 0.3 is 126 Å². The maximum atomic E-state index is 13.4. The summed E-state index contributed by atoms with van der Waals surface area (Å²) in [6.45, 7) is 4.17. The minimum absolute atomic E-state index is 1.05. The van der Waals surface area contributed by atoms with Crippen molar-refractivity contribution in [2.24, 2.45) is 0 Å². The summed E-state index contributed by atoms with van der Waals surface area (Å²) in [7, 11) is 0. The Morgan fingerprint density at radius 2 is 0.568 bits per heavy atom. The molecule has 0 unspecified atom stereocenters. The second-order valence-electron chi connectivity index (χ2n) is 7.09. The average Bonchev–Trinajstić information content (AvgIpc) is 2.90. The van der Waals surface area contributed by atoms with Crippen molar-refractivity contribution in [2.75, 3.05) is 0 Å². The van der Waals surface area contributed by atoms with Gasteiger partial charge in [-0.3, -0.25) is 0 Å². The van der Waals surface area contributed by atoms with E-state index in [0.29, 0.717) is 0 Å². The maximum absolute atomic E-state index is 13.4. The Bertz CT molecular complexity index is 1200. The molecule has 0 heterocycles. The second-order valence-corrected chi connectivity index (χ2v) is 8.33. The van der Waals surface area contributed by atoms with Crippen LogP contribution in [0.1, 0.15) is 11.1 Å². The van der Waals surface area contributed by atoms with Gasteiger partial charge in [-0.2, -0.15) is 0 Å². The van der Waals surface area contributed by atoms with E-state index >= 15 is 0 Å². The summed E-state index contributed by atoms with van der Waals surface area (Å²) in [5.74, 6) is -24.7. The third-order valence-electron chi connectivity index (χ3n) is 4.30. The molecule has 0 N–H and O–H groups in total. The predicted octanol–water partition coefficient (Wildman–Crippen LogP) is 7.10. The monoisotopic (exact) mass is 576 g/mol. The molecule has 0 atom stereocenters. The fourth-order valence-electron chi connectivity index (χ4n) is 2.42. The van der Waals surface area contributed by atoms with Crippen molar-refractivity contribution in [1.82, 2.24) is 0 Å². The van der Waals surface area contributed by atoms with Gasteiger partial charge in [-0.1, -0.05) is 71.8 Å². The quantitative estimate of drug-likeness (QED) is 0.103. The normalized spacial score (nSPS) is 10.4. The minimum atomic E-state index is -2.54. The van der Waals surface area contributed by atoms with Crippen LogP contribution in [0.15, 0.2) is 60.7 Å². The molecule has 4 rings (SSSR count). The van der Waals surface area contributed by atoms with Crippen molar-refractivity contribution in [2.45, 2.75) is 13.8 Å². The third kappa shape index (κ3) is 7.35. The van der Waals surface area contributed by atoms with Crippen LogP contribution >= 0.6 is 0 Å². The molecule has 0 aromatic heterocycles. The molecule has 0 nitrogen and oxygen atoms in total. The molecule has 4 aromatic rings. The fraction of sp³-hybridized carbons (Fsp3) is 0.0769. The Hall–Kier alpha value is -3.33. The molecule has 4 aromatic carbocycles. The molecule has 0 saturated carbocycles. The van der Waals surface area contributed by atoms with E-state index < -0.39 is 81.7 Å². The first kappa shape index (κ1) is 29.9. The van der Waals surface area contributed by atoms with Gasteiger partial charge in [-0.25, -0.2) is 0 Å². The molecule has 200 valence electrons. The van der Waals surface area contributed by atoms with Gasteiger partial charge in [0.05, 0.1) is 0 Å². The Morgan fingerprint density at radius 1 is 0.351 bits per heavy atom. The summed E-state index contributed by atoms with van der Waals surface area (Å²) >= 11 is -1.05. The second kappa shape index (κ2) is 13.3. The molecule has 0 aliphatic rings. The molecular formula is C26H16F10Ni. The Kier molecular flexibility index (Phi) is 10.7. The van der Waals surface area contributed by atoms with Crippen molar-refractivity contribution in [1.29, 1.82) is 0 Å². The summed E-state index contributed by atoms with van der Waals surface area (Å²) in [6.07, 6.45) is 0. The molecule has 0 radical (unpaired) electrons. The topological polar surface area (TPSA) is 0 Å². The van der Waals surface area contributed by atoms with Gasteiger partial charge in [-0.05, 0) is 13.8 Å². The van der Waals surface area contributed by atoms with Gasteiger partial charge in [0.15, 0.2) is 0 Å².